The zero-order valence-electron chi connectivity index (χ0n) is 19.6. The second-order valence-corrected chi connectivity index (χ2v) is 9.94. The molecule has 1 amide bonds. The summed E-state index contributed by atoms with van der Waals surface area (Å²) in [6.07, 6.45) is 2.93. The van der Waals surface area contributed by atoms with E-state index < -0.39 is 10.1 Å². The number of ether oxygens (including phenoxy) is 2. The fourth-order valence-corrected chi connectivity index (χ4v) is 4.45. The van der Waals surface area contributed by atoms with Crippen LogP contribution in [-0.4, -0.2) is 65.5 Å². The number of carbonyl (C=O) groups excluding carboxylic acids is 1. The monoisotopic (exact) mass is 476 g/mol. The molecule has 0 spiro atoms. The van der Waals surface area contributed by atoms with Crippen molar-refractivity contribution in [3.05, 3.63) is 48.0 Å². The highest BCUT2D eigenvalue weighted by atomic mass is 32.2. The van der Waals surface area contributed by atoms with Gasteiger partial charge < -0.3 is 23.5 Å². The molecule has 2 aromatic carbocycles. The Kier molecular flexibility index (Phi) is 8.20. The van der Waals surface area contributed by atoms with Crippen LogP contribution >= 0.6 is 0 Å². The first-order chi connectivity index (χ1) is 15.7. The molecule has 0 unspecified atom stereocenters. The van der Waals surface area contributed by atoms with Gasteiger partial charge in [-0.05, 0) is 68.9 Å². The molecule has 8 nitrogen and oxygen atoms in total. The fourth-order valence-electron chi connectivity index (χ4n) is 3.51. The highest BCUT2D eigenvalue weighted by Crippen LogP contribution is 2.33. The van der Waals surface area contributed by atoms with Crippen LogP contribution in [-0.2, 0) is 21.5 Å². The van der Waals surface area contributed by atoms with Gasteiger partial charge in [-0.2, -0.15) is 8.42 Å². The molecule has 0 aliphatic heterocycles. The average Bonchev–Trinajstić information content (AvgIpc) is 2.75. The molecule has 0 radical (unpaired) electrons. The summed E-state index contributed by atoms with van der Waals surface area (Å²) in [6, 6.07) is 11.1. The van der Waals surface area contributed by atoms with Crippen molar-refractivity contribution < 1.29 is 26.9 Å². The first-order valence-electron chi connectivity index (χ1n) is 10.9. The Morgan fingerprint density at radius 3 is 2.21 bits per heavy atom. The molecule has 1 fully saturated rings. The number of hydrogen-bond donors (Lipinski definition) is 0. The van der Waals surface area contributed by atoms with Crippen LogP contribution in [0.3, 0.4) is 0 Å². The van der Waals surface area contributed by atoms with Gasteiger partial charge in [0.2, 0.25) is 5.91 Å². The Hall–Kier alpha value is -2.78. The highest BCUT2D eigenvalue weighted by Gasteiger charge is 2.29. The van der Waals surface area contributed by atoms with Gasteiger partial charge in [-0.3, -0.25) is 4.79 Å². The maximum Gasteiger partial charge on any atom is 0.339 e. The Balaban J connectivity index is 1.82. The smallest absolute Gasteiger partial charge is 0.339 e. The molecule has 0 N–H and O–H groups in total. The van der Waals surface area contributed by atoms with Crippen molar-refractivity contribution in [1.82, 2.24) is 9.80 Å². The standard InChI is InChI=1S/C24H32N2O6S/c1-25(2)14-15-26(24(27)19-6-5-7-19)17-18-8-13-22(31-4)23(16-18)32-33(28,29)21-11-9-20(30-3)10-12-21/h8-13,16,19H,5-7,14-15,17H2,1-4H3. The Labute approximate surface area is 196 Å². The van der Waals surface area contributed by atoms with Gasteiger partial charge >= 0.3 is 10.1 Å². The minimum Gasteiger partial charge on any atom is -0.497 e. The van der Waals surface area contributed by atoms with Crippen LogP contribution in [0.2, 0.25) is 0 Å². The molecule has 180 valence electrons. The molecule has 1 saturated carbocycles. The summed E-state index contributed by atoms with van der Waals surface area (Å²) in [5.74, 6) is 1.14. The summed E-state index contributed by atoms with van der Waals surface area (Å²) in [7, 11) is 2.81. The summed E-state index contributed by atoms with van der Waals surface area (Å²) in [6.45, 7) is 1.70. The summed E-state index contributed by atoms with van der Waals surface area (Å²) >= 11 is 0. The van der Waals surface area contributed by atoms with Crippen LogP contribution in [0, 0.1) is 5.92 Å². The highest BCUT2D eigenvalue weighted by molar-refractivity contribution is 7.87. The van der Waals surface area contributed by atoms with Crippen LogP contribution in [0.5, 0.6) is 17.2 Å². The minimum atomic E-state index is -4.08. The van der Waals surface area contributed by atoms with Crippen LogP contribution in [0.25, 0.3) is 0 Å². The molecule has 0 heterocycles. The number of nitrogens with zero attached hydrogens (tertiary/aromatic N) is 2. The molecule has 0 bridgehead atoms. The van der Waals surface area contributed by atoms with Gasteiger partial charge in [-0.25, -0.2) is 0 Å². The Morgan fingerprint density at radius 2 is 1.67 bits per heavy atom. The zero-order valence-corrected chi connectivity index (χ0v) is 20.4. The van der Waals surface area contributed by atoms with Crippen molar-refractivity contribution in [2.24, 2.45) is 5.92 Å². The number of amides is 1. The van der Waals surface area contributed by atoms with E-state index in [9.17, 15) is 13.2 Å². The van der Waals surface area contributed by atoms with Crippen molar-refractivity contribution >= 4 is 16.0 Å². The molecular weight excluding hydrogens is 444 g/mol. The lowest BCUT2D eigenvalue weighted by molar-refractivity contribution is -0.139. The van der Waals surface area contributed by atoms with E-state index >= 15 is 0 Å². The third-order valence-electron chi connectivity index (χ3n) is 5.73. The second-order valence-electron chi connectivity index (χ2n) is 8.39. The largest absolute Gasteiger partial charge is 0.497 e. The number of likely N-dealkylation sites (N-methyl/N-ethyl adjacent to an activating group) is 1. The van der Waals surface area contributed by atoms with Crippen LogP contribution in [0.15, 0.2) is 47.4 Å². The van der Waals surface area contributed by atoms with E-state index in [0.29, 0.717) is 24.6 Å². The molecule has 33 heavy (non-hydrogen) atoms. The SMILES string of the molecule is COc1ccc(S(=O)(=O)Oc2cc(CN(CCN(C)C)C(=O)C3CCC3)ccc2OC)cc1. The van der Waals surface area contributed by atoms with Crippen molar-refractivity contribution in [2.75, 3.05) is 41.4 Å². The van der Waals surface area contributed by atoms with E-state index in [-0.39, 0.29) is 22.5 Å². The lowest BCUT2D eigenvalue weighted by Crippen LogP contribution is -2.41. The average molecular weight is 477 g/mol. The topological polar surface area (TPSA) is 85.4 Å². The van der Waals surface area contributed by atoms with Crippen molar-refractivity contribution in [1.29, 1.82) is 0 Å². The van der Waals surface area contributed by atoms with Crippen molar-refractivity contribution in [3.8, 4) is 17.2 Å². The first-order valence-corrected chi connectivity index (χ1v) is 12.3. The van der Waals surface area contributed by atoms with Gasteiger partial charge in [-0.1, -0.05) is 12.5 Å². The molecular formula is C24H32N2O6S. The number of hydrogen-bond acceptors (Lipinski definition) is 7. The van der Waals surface area contributed by atoms with Crippen molar-refractivity contribution in [3.63, 3.8) is 0 Å². The van der Waals surface area contributed by atoms with Gasteiger partial charge in [0.25, 0.3) is 0 Å². The summed E-state index contributed by atoms with van der Waals surface area (Å²) in [4.78, 5) is 16.8. The van der Waals surface area contributed by atoms with Gasteiger partial charge in [0.1, 0.15) is 10.6 Å². The summed E-state index contributed by atoms with van der Waals surface area (Å²) in [5.41, 5.74) is 0.766. The maximum absolute atomic E-state index is 13.0. The maximum atomic E-state index is 13.0. The second kappa shape index (κ2) is 10.9. The quantitative estimate of drug-likeness (QED) is 0.461. The number of methoxy groups -OCH3 is 2. The molecule has 1 aliphatic carbocycles. The van der Waals surface area contributed by atoms with Gasteiger partial charge in [0, 0.05) is 25.6 Å². The molecule has 3 rings (SSSR count). The number of rotatable bonds is 11. The van der Waals surface area contributed by atoms with E-state index in [1.165, 1.54) is 26.4 Å². The molecule has 9 heteroatoms. The lowest BCUT2D eigenvalue weighted by atomic mass is 9.84. The van der Waals surface area contributed by atoms with E-state index in [2.05, 4.69) is 0 Å². The van der Waals surface area contributed by atoms with Gasteiger partial charge in [-0.15, -0.1) is 0 Å². The third-order valence-corrected chi connectivity index (χ3v) is 6.98. The predicted molar refractivity (Wildman–Crippen MR) is 125 cm³/mol. The van der Waals surface area contributed by atoms with E-state index in [4.69, 9.17) is 13.7 Å². The fraction of sp³-hybridized carbons (Fsp3) is 0.458. The van der Waals surface area contributed by atoms with E-state index in [0.717, 1.165) is 31.4 Å². The molecule has 0 aromatic heterocycles. The van der Waals surface area contributed by atoms with Crippen LogP contribution < -0.4 is 13.7 Å². The molecule has 0 saturated heterocycles. The zero-order chi connectivity index (χ0) is 24.0. The number of carbonyl (C=O) groups is 1. The first kappa shape index (κ1) is 24.9. The molecule has 0 atom stereocenters. The van der Waals surface area contributed by atoms with Crippen LogP contribution in [0.1, 0.15) is 24.8 Å². The van der Waals surface area contributed by atoms with E-state index in [1.54, 1.807) is 24.3 Å². The third kappa shape index (κ3) is 6.39. The van der Waals surface area contributed by atoms with Gasteiger partial charge in [0.05, 0.1) is 14.2 Å². The normalized spacial score (nSPS) is 14.0. The van der Waals surface area contributed by atoms with Gasteiger partial charge in [0.15, 0.2) is 11.5 Å². The predicted octanol–water partition coefficient (Wildman–Crippen LogP) is 3.16. The number of benzene rings is 2. The Morgan fingerprint density at radius 1 is 0.970 bits per heavy atom. The molecule has 2 aromatic rings. The van der Waals surface area contributed by atoms with Crippen molar-refractivity contribution in [2.45, 2.75) is 30.7 Å². The Bertz CT molecular complexity index is 1050. The summed E-state index contributed by atoms with van der Waals surface area (Å²) < 4.78 is 41.5. The minimum absolute atomic E-state index is 0.00327. The van der Waals surface area contributed by atoms with E-state index in [1.807, 2.05) is 30.0 Å². The summed E-state index contributed by atoms with van der Waals surface area (Å²) in [5, 5.41) is 0. The van der Waals surface area contributed by atoms with Crippen LogP contribution in [0.4, 0.5) is 0 Å². The lowest BCUT2D eigenvalue weighted by Gasteiger charge is -2.32. The molecule has 1 aliphatic rings.